The maximum absolute atomic E-state index is 12.5. The normalized spacial score (nSPS) is 10.8. The second-order valence-electron chi connectivity index (χ2n) is 4.97. The minimum absolute atomic E-state index is 0.0500. The second-order valence-corrected chi connectivity index (χ2v) is 6.77. The second kappa shape index (κ2) is 6.50. The molecule has 0 bridgehead atoms. The number of aromatic amines is 1. The Morgan fingerprint density at radius 1 is 1.23 bits per heavy atom. The average Bonchev–Trinajstić information content (AvgIpc) is 2.95. The Balaban J connectivity index is 2.16. The summed E-state index contributed by atoms with van der Waals surface area (Å²) in [6.45, 7) is 2.08. The molecule has 3 aromatic rings. The lowest BCUT2D eigenvalue weighted by Crippen LogP contribution is -2.17. The predicted octanol–water partition coefficient (Wildman–Crippen LogP) is 4.12. The fraction of sp³-hybridized carbons (Fsp3) is 0.176. The van der Waals surface area contributed by atoms with E-state index in [9.17, 15) is 4.79 Å². The first kappa shape index (κ1) is 15.1. The molecule has 0 radical (unpaired) electrons. The quantitative estimate of drug-likeness (QED) is 0.579. The van der Waals surface area contributed by atoms with Gasteiger partial charge >= 0.3 is 0 Å². The zero-order valence-electron chi connectivity index (χ0n) is 12.4. The molecule has 3 nitrogen and oxygen atoms in total. The number of hydrogen-bond acceptors (Lipinski definition) is 4. The van der Waals surface area contributed by atoms with Gasteiger partial charge in [0.2, 0.25) is 0 Å². The van der Waals surface area contributed by atoms with Gasteiger partial charge in [0.1, 0.15) is 0 Å². The SMILES string of the molecule is CSc1nc(-c2ccccc2)c(Cc2sccc2C)c(=O)[nH]1. The van der Waals surface area contributed by atoms with Gasteiger partial charge in [-0.05, 0) is 30.2 Å². The molecule has 0 saturated heterocycles. The van der Waals surface area contributed by atoms with Crippen LogP contribution in [0.15, 0.2) is 51.7 Å². The topological polar surface area (TPSA) is 45.8 Å². The first-order chi connectivity index (χ1) is 10.7. The van der Waals surface area contributed by atoms with Gasteiger partial charge in [-0.2, -0.15) is 0 Å². The number of aryl methyl sites for hydroxylation is 1. The van der Waals surface area contributed by atoms with Gasteiger partial charge in [-0.15, -0.1) is 11.3 Å². The summed E-state index contributed by atoms with van der Waals surface area (Å²) in [5, 5.41) is 2.71. The van der Waals surface area contributed by atoms with Gasteiger partial charge in [-0.25, -0.2) is 4.98 Å². The van der Waals surface area contributed by atoms with Crippen LogP contribution in [0.5, 0.6) is 0 Å². The van der Waals surface area contributed by atoms with Crippen LogP contribution in [0.4, 0.5) is 0 Å². The van der Waals surface area contributed by atoms with Gasteiger partial charge in [-0.1, -0.05) is 42.1 Å². The highest BCUT2D eigenvalue weighted by Crippen LogP contribution is 2.25. The van der Waals surface area contributed by atoms with Gasteiger partial charge in [-0.3, -0.25) is 4.79 Å². The van der Waals surface area contributed by atoms with Crippen LogP contribution in [-0.4, -0.2) is 16.2 Å². The molecular formula is C17H16N2OS2. The van der Waals surface area contributed by atoms with Gasteiger partial charge in [0.15, 0.2) is 5.16 Å². The van der Waals surface area contributed by atoms with Crippen LogP contribution in [0.25, 0.3) is 11.3 Å². The fourth-order valence-electron chi connectivity index (χ4n) is 2.32. The highest BCUT2D eigenvalue weighted by atomic mass is 32.2. The Hall–Kier alpha value is -1.85. The zero-order chi connectivity index (χ0) is 15.5. The maximum Gasteiger partial charge on any atom is 0.255 e. The number of thioether (sulfide) groups is 1. The van der Waals surface area contributed by atoms with Crippen LogP contribution in [-0.2, 0) is 6.42 Å². The summed E-state index contributed by atoms with van der Waals surface area (Å²) < 4.78 is 0. The van der Waals surface area contributed by atoms with E-state index in [0.717, 1.165) is 16.8 Å². The summed E-state index contributed by atoms with van der Waals surface area (Å²) in [5.41, 5.74) is 3.66. The number of hydrogen-bond donors (Lipinski definition) is 1. The number of H-pyrrole nitrogens is 1. The summed E-state index contributed by atoms with van der Waals surface area (Å²) in [5.74, 6) is 0. The molecule has 0 atom stereocenters. The van der Waals surface area contributed by atoms with Crippen molar-refractivity contribution in [2.24, 2.45) is 0 Å². The minimum atomic E-state index is -0.0500. The molecule has 0 aliphatic rings. The number of thiophene rings is 1. The third kappa shape index (κ3) is 3.00. The van der Waals surface area contributed by atoms with Crippen molar-refractivity contribution in [3.8, 4) is 11.3 Å². The molecule has 3 rings (SSSR count). The summed E-state index contributed by atoms with van der Waals surface area (Å²) in [7, 11) is 0. The Labute approximate surface area is 137 Å². The van der Waals surface area contributed by atoms with Crippen molar-refractivity contribution in [1.82, 2.24) is 9.97 Å². The lowest BCUT2D eigenvalue weighted by Gasteiger charge is -2.09. The first-order valence-electron chi connectivity index (χ1n) is 6.94. The molecule has 112 valence electrons. The molecule has 0 saturated carbocycles. The smallest absolute Gasteiger partial charge is 0.255 e. The number of nitrogens with zero attached hydrogens (tertiary/aromatic N) is 1. The lowest BCUT2D eigenvalue weighted by atomic mass is 10.0. The molecule has 1 aromatic carbocycles. The molecule has 0 aliphatic carbocycles. The molecule has 0 aliphatic heterocycles. The average molecular weight is 328 g/mol. The van der Waals surface area contributed by atoms with Crippen molar-refractivity contribution >= 4 is 23.1 Å². The number of rotatable bonds is 4. The van der Waals surface area contributed by atoms with E-state index in [-0.39, 0.29) is 5.56 Å². The third-order valence-electron chi connectivity index (χ3n) is 3.54. The Kier molecular flexibility index (Phi) is 4.45. The summed E-state index contributed by atoms with van der Waals surface area (Å²) >= 11 is 3.13. The molecule has 0 unspecified atom stereocenters. The van der Waals surface area contributed by atoms with Crippen molar-refractivity contribution in [3.63, 3.8) is 0 Å². The van der Waals surface area contributed by atoms with Crippen LogP contribution in [0.1, 0.15) is 16.0 Å². The Bertz CT molecular complexity index is 837. The highest BCUT2D eigenvalue weighted by Gasteiger charge is 2.15. The summed E-state index contributed by atoms with van der Waals surface area (Å²) in [6, 6.07) is 12.0. The molecule has 0 spiro atoms. The van der Waals surface area contributed by atoms with Gasteiger partial charge in [0, 0.05) is 22.4 Å². The van der Waals surface area contributed by atoms with Crippen molar-refractivity contribution in [1.29, 1.82) is 0 Å². The van der Waals surface area contributed by atoms with Crippen LogP contribution in [0.3, 0.4) is 0 Å². The molecule has 0 amide bonds. The molecule has 2 heterocycles. The summed E-state index contributed by atoms with van der Waals surface area (Å²) in [6.07, 6.45) is 2.53. The Morgan fingerprint density at radius 2 is 2.00 bits per heavy atom. The van der Waals surface area contributed by atoms with E-state index in [1.807, 2.05) is 36.6 Å². The summed E-state index contributed by atoms with van der Waals surface area (Å²) in [4.78, 5) is 21.2. The van der Waals surface area contributed by atoms with Crippen molar-refractivity contribution < 1.29 is 0 Å². The largest absolute Gasteiger partial charge is 0.301 e. The highest BCUT2D eigenvalue weighted by molar-refractivity contribution is 7.98. The Morgan fingerprint density at radius 3 is 2.64 bits per heavy atom. The van der Waals surface area contributed by atoms with Gasteiger partial charge in [0.05, 0.1) is 5.69 Å². The maximum atomic E-state index is 12.5. The van der Waals surface area contributed by atoms with E-state index in [0.29, 0.717) is 11.6 Å². The van der Waals surface area contributed by atoms with E-state index >= 15 is 0 Å². The lowest BCUT2D eigenvalue weighted by molar-refractivity contribution is 0.911. The van der Waals surface area contributed by atoms with Crippen LogP contribution in [0.2, 0.25) is 0 Å². The minimum Gasteiger partial charge on any atom is -0.301 e. The zero-order valence-corrected chi connectivity index (χ0v) is 14.1. The van der Waals surface area contributed by atoms with Crippen molar-refractivity contribution in [3.05, 3.63) is 68.1 Å². The molecule has 0 fully saturated rings. The number of nitrogens with one attached hydrogen (secondary N) is 1. The molecule has 5 heteroatoms. The van der Waals surface area contributed by atoms with Crippen LogP contribution >= 0.6 is 23.1 Å². The van der Waals surface area contributed by atoms with Crippen molar-refractivity contribution in [2.75, 3.05) is 6.26 Å². The van der Waals surface area contributed by atoms with E-state index in [1.165, 1.54) is 22.2 Å². The standard InChI is InChI=1S/C17H16N2OS2/c1-11-8-9-22-14(11)10-13-15(12-6-4-3-5-7-12)18-17(21-2)19-16(13)20/h3-9H,10H2,1-2H3,(H,18,19,20). The van der Waals surface area contributed by atoms with Crippen molar-refractivity contribution in [2.45, 2.75) is 18.5 Å². The molecule has 2 aromatic heterocycles. The molecule has 22 heavy (non-hydrogen) atoms. The van der Waals surface area contributed by atoms with E-state index in [1.54, 1.807) is 11.3 Å². The third-order valence-corrected chi connectivity index (χ3v) is 5.14. The fourth-order valence-corrected chi connectivity index (χ4v) is 3.61. The molecule has 1 N–H and O–H groups in total. The van der Waals surface area contributed by atoms with Crippen LogP contribution in [0, 0.1) is 6.92 Å². The number of aromatic nitrogens is 2. The number of benzene rings is 1. The van der Waals surface area contributed by atoms with E-state index in [2.05, 4.69) is 28.3 Å². The monoisotopic (exact) mass is 328 g/mol. The first-order valence-corrected chi connectivity index (χ1v) is 9.05. The van der Waals surface area contributed by atoms with E-state index in [4.69, 9.17) is 0 Å². The molecular weight excluding hydrogens is 312 g/mol. The van der Waals surface area contributed by atoms with Gasteiger partial charge in [0.25, 0.3) is 5.56 Å². The van der Waals surface area contributed by atoms with Gasteiger partial charge < -0.3 is 4.98 Å². The predicted molar refractivity (Wildman–Crippen MR) is 93.9 cm³/mol. The van der Waals surface area contributed by atoms with Crippen LogP contribution < -0.4 is 5.56 Å². The van der Waals surface area contributed by atoms with E-state index < -0.39 is 0 Å².